The van der Waals surface area contributed by atoms with E-state index in [1.807, 2.05) is 31.2 Å². The van der Waals surface area contributed by atoms with Crippen molar-refractivity contribution in [2.75, 3.05) is 13.7 Å². The Morgan fingerprint density at radius 2 is 1.96 bits per heavy atom. The number of allylic oxidation sites excluding steroid dienone is 3. The van der Waals surface area contributed by atoms with Crippen molar-refractivity contribution in [2.24, 2.45) is 0 Å². The summed E-state index contributed by atoms with van der Waals surface area (Å²) < 4.78 is 10.5. The van der Waals surface area contributed by atoms with Gasteiger partial charge in [-0.2, -0.15) is 0 Å². The normalized spacial score (nSPS) is 20.1. The number of carbonyl (C=O) groups is 2. The van der Waals surface area contributed by atoms with Crippen LogP contribution in [0.3, 0.4) is 0 Å². The summed E-state index contributed by atoms with van der Waals surface area (Å²) in [5, 5.41) is 3.27. The molecule has 0 bridgehead atoms. The van der Waals surface area contributed by atoms with E-state index >= 15 is 0 Å². The average molecular weight is 341 g/mol. The molecule has 0 unspecified atom stereocenters. The van der Waals surface area contributed by atoms with Crippen molar-refractivity contribution in [3.8, 4) is 5.75 Å². The first-order valence-electron chi connectivity index (χ1n) is 8.62. The van der Waals surface area contributed by atoms with Gasteiger partial charge in [0, 0.05) is 29.3 Å². The number of Topliss-reactive ketones (excluding diaryl/α,β-unsaturated/α-hetero) is 1. The molecule has 5 heteroatoms. The number of ether oxygens (including phenoxy) is 2. The maximum absolute atomic E-state index is 12.7. The Hall–Kier alpha value is -2.56. The molecule has 0 amide bonds. The van der Waals surface area contributed by atoms with Gasteiger partial charge >= 0.3 is 5.97 Å². The summed E-state index contributed by atoms with van der Waals surface area (Å²) in [5.41, 5.74) is 3.80. The van der Waals surface area contributed by atoms with E-state index in [1.165, 1.54) is 0 Å². The van der Waals surface area contributed by atoms with Crippen LogP contribution in [-0.4, -0.2) is 25.5 Å². The third-order valence-electron chi connectivity index (χ3n) is 4.72. The smallest absolute Gasteiger partial charge is 0.336 e. The highest BCUT2D eigenvalue weighted by molar-refractivity contribution is 6.03. The van der Waals surface area contributed by atoms with Crippen LogP contribution in [0.5, 0.6) is 5.75 Å². The minimum atomic E-state index is -0.394. The Morgan fingerprint density at radius 1 is 1.24 bits per heavy atom. The SMILES string of the molecule is CCOC(=O)C1=C(C)NC2=C(C(=O)CCC2)[C@H]1c1ccc(OC)cc1. The number of nitrogens with one attached hydrogen (secondary N) is 1. The molecule has 0 saturated carbocycles. The molecule has 1 N–H and O–H groups in total. The standard InChI is InChI=1S/C20H23NO4/c1-4-25-20(23)17-12(2)21-15-6-5-7-16(22)19(15)18(17)13-8-10-14(24-3)11-9-13/h8-11,18,21H,4-7H2,1-3H3/t18-/m0/s1. The van der Waals surface area contributed by atoms with Crippen molar-refractivity contribution in [3.05, 3.63) is 52.4 Å². The maximum atomic E-state index is 12.7. The second-order valence-corrected chi connectivity index (χ2v) is 6.26. The number of hydrogen-bond donors (Lipinski definition) is 1. The Balaban J connectivity index is 2.13. The van der Waals surface area contributed by atoms with Gasteiger partial charge in [-0.15, -0.1) is 0 Å². The van der Waals surface area contributed by atoms with Gasteiger partial charge in [0.2, 0.25) is 0 Å². The van der Waals surface area contributed by atoms with Gasteiger partial charge in [0.25, 0.3) is 0 Å². The summed E-state index contributed by atoms with van der Waals surface area (Å²) in [6, 6.07) is 7.52. The number of ketones is 1. The van der Waals surface area contributed by atoms with Gasteiger partial charge in [-0.1, -0.05) is 12.1 Å². The number of benzene rings is 1. The molecule has 2 aliphatic rings. The van der Waals surface area contributed by atoms with E-state index in [0.29, 0.717) is 24.2 Å². The van der Waals surface area contributed by atoms with Gasteiger partial charge in [0.05, 0.1) is 19.3 Å². The van der Waals surface area contributed by atoms with Crippen molar-refractivity contribution >= 4 is 11.8 Å². The molecule has 1 heterocycles. The first kappa shape index (κ1) is 17.3. The fourth-order valence-corrected chi connectivity index (χ4v) is 3.59. The molecule has 1 atom stereocenters. The molecule has 5 nitrogen and oxygen atoms in total. The Morgan fingerprint density at radius 3 is 2.60 bits per heavy atom. The van der Waals surface area contributed by atoms with Gasteiger partial charge in [-0.25, -0.2) is 4.79 Å². The van der Waals surface area contributed by atoms with Crippen LogP contribution in [0.2, 0.25) is 0 Å². The summed E-state index contributed by atoms with van der Waals surface area (Å²) in [4.78, 5) is 25.3. The summed E-state index contributed by atoms with van der Waals surface area (Å²) in [6.07, 6.45) is 2.17. The molecule has 0 saturated heterocycles. The molecule has 3 rings (SSSR count). The van der Waals surface area contributed by atoms with Crippen molar-refractivity contribution < 1.29 is 19.1 Å². The van der Waals surface area contributed by atoms with Crippen LogP contribution < -0.4 is 10.1 Å². The monoisotopic (exact) mass is 341 g/mol. The number of rotatable bonds is 4. The number of methoxy groups -OCH3 is 1. The highest BCUT2D eigenvalue weighted by atomic mass is 16.5. The van der Waals surface area contributed by atoms with Crippen LogP contribution >= 0.6 is 0 Å². The fourth-order valence-electron chi connectivity index (χ4n) is 3.59. The number of dihydropyridines is 1. The van der Waals surface area contributed by atoms with Crippen LogP contribution in [0.1, 0.15) is 44.6 Å². The molecule has 1 aromatic carbocycles. The Bertz CT molecular complexity index is 758. The Labute approximate surface area is 147 Å². The molecule has 0 radical (unpaired) electrons. The summed E-state index contributed by atoms with van der Waals surface area (Å²) in [5.74, 6) is 0.0661. The molecule has 1 aliphatic carbocycles. The predicted octanol–water partition coefficient (Wildman–Crippen LogP) is 3.23. The van der Waals surface area contributed by atoms with Gasteiger partial charge in [-0.05, 0) is 44.4 Å². The lowest BCUT2D eigenvalue weighted by molar-refractivity contribution is -0.138. The van der Waals surface area contributed by atoms with E-state index in [0.717, 1.165) is 35.5 Å². The molecule has 0 fully saturated rings. The molecule has 0 aromatic heterocycles. The summed E-state index contributed by atoms with van der Waals surface area (Å²) in [6.45, 7) is 3.94. The largest absolute Gasteiger partial charge is 0.497 e. The second-order valence-electron chi connectivity index (χ2n) is 6.26. The minimum absolute atomic E-state index is 0.101. The van der Waals surface area contributed by atoms with Crippen LogP contribution in [-0.2, 0) is 14.3 Å². The first-order valence-corrected chi connectivity index (χ1v) is 8.62. The van der Waals surface area contributed by atoms with Crippen LogP contribution in [0.25, 0.3) is 0 Å². The van der Waals surface area contributed by atoms with Crippen LogP contribution in [0.4, 0.5) is 0 Å². The van der Waals surface area contributed by atoms with Crippen molar-refractivity contribution in [1.82, 2.24) is 5.32 Å². The average Bonchev–Trinajstić information content (AvgIpc) is 2.61. The second kappa shape index (κ2) is 7.13. The van der Waals surface area contributed by atoms with Gasteiger partial charge < -0.3 is 14.8 Å². The number of esters is 1. The topological polar surface area (TPSA) is 64.6 Å². The third kappa shape index (κ3) is 3.18. The van der Waals surface area contributed by atoms with Crippen molar-refractivity contribution in [2.45, 2.75) is 39.0 Å². The predicted molar refractivity (Wildman–Crippen MR) is 94.1 cm³/mol. The lowest BCUT2D eigenvalue weighted by atomic mass is 9.75. The van der Waals surface area contributed by atoms with E-state index in [2.05, 4.69) is 5.32 Å². The minimum Gasteiger partial charge on any atom is -0.497 e. The molecule has 0 spiro atoms. The fraction of sp³-hybridized carbons (Fsp3) is 0.400. The maximum Gasteiger partial charge on any atom is 0.336 e. The zero-order valence-electron chi connectivity index (χ0n) is 14.8. The summed E-state index contributed by atoms with van der Waals surface area (Å²) >= 11 is 0. The van der Waals surface area contributed by atoms with E-state index in [-0.39, 0.29) is 11.8 Å². The summed E-state index contributed by atoms with van der Waals surface area (Å²) in [7, 11) is 1.61. The lowest BCUT2D eigenvalue weighted by Gasteiger charge is -2.34. The van der Waals surface area contributed by atoms with E-state index in [1.54, 1.807) is 14.0 Å². The zero-order chi connectivity index (χ0) is 18.0. The van der Waals surface area contributed by atoms with Gasteiger partial charge in [0.1, 0.15) is 5.75 Å². The van der Waals surface area contributed by atoms with Crippen LogP contribution in [0, 0.1) is 0 Å². The van der Waals surface area contributed by atoms with Crippen molar-refractivity contribution in [3.63, 3.8) is 0 Å². The van der Waals surface area contributed by atoms with E-state index in [9.17, 15) is 9.59 Å². The first-order chi connectivity index (χ1) is 12.1. The Kier molecular flexibility index (Phi) is 4.93. The molecule has 1 aliphatic heterocycles. The van der Waals surface area contributed by atoms with Gasteiger partial charge in [-0.3, -0.25) is 4.79 Å². The quantitative estimate of drug-likeness (QED) is 0.852. The lowest BCUT2D eigenvalue weighted by Crippen LogP contribution is -2.34. The molecular formula is C20H23NO4. The highest BCUT2D eigenvalue weighted by Crippen LogP contribution is 2.42. The molecule has 132 valence electrons. The molecular weight excluding hydrogens is 318 g/mol. The molecule has 25 heavy (non-hydrogen) atoms. The van der Waals surface area contributed by atoms with Crippen LogP contribution in [0.15, 0.2) is 46.8 Å². The van der Waals surface area contributed by atoms with E-state index in [4.69, 9.17) is 9.47 Å². The van der Waals surface area contributed by atoms with Crippen molar-refractivity contribution in [1.29, 1.82) is 0 Å². The third-order valence-corrected chi connectivity index (χ3v) is 4.72. The zero-order valence-corrected chi connectivity index (χ0v) is 14.8. The molecule has 1 aromatic rings. The number of hydrogen-bond acceptors (Lipinski definition) is 5. The van der Waals surface area contributed by atoms with E-state index < -0.39 is 5.92 Å². The van der Waals surface area contributed by atoms with Gasteiger partial charge in [0.15, 0.2) is 5.78 Å². The number of carbonyl (C=O) groups excluding carboxylic acids is 2. The highest BCUT2D eigenvalue weighted by Gasteiger charge is 2.38.